The van der Waals surface area contributed by atoms with Gasteiger partial charge in [-0.15, -0.1) is 0 Å². The smallest absolute Gasteiger partial charge is 0.255 e. The van der Waals surface area contributed by atoms with Crippen molar-refractivity contribution in [2.45, 2.75) is 20.8 Å². The first kappa shape index (κ1) is 17.6. The van der Waals surface area contributed by atoms with E-state index < -0.39 is 5.41 Å². The van der Waals surface area contributed by atoms with E-state index in [1.54, 1.807) is 30.2 Å². The molecule has 0 atom stereocenters. The summed E-state index contributed by atoms with van der Waals surface area (Å²) in [6.07, 6.45) is 0. The molecule has 1 aromatic rings. The molecule has 0 aromatic heterocycles. The van der Waals surface area contributed by atoms with Crippen molar-refractivity contribution in [2.24, 2.45) is 5.41 Å². The number of methoxy groups -OCH3 is 1. The second-order valence-corrected chi connectivity index (χ2v) is 7.09. The summed E-state index contributed by atoms with van der Waals surface area (Å²) in [4.78, 5) is 28.4. The van der Waals surface area contributed by atoms with Gasteiger partial charge in [0.15, 0.2) is 0 Å². The Kier molecular flexibility index (Phi) is 5.19. The molecule has 0 unspecified atom stereocenters. The predicted molar refractivity (Wildman–Crippen MR) is 89.9 cm³/mol. The minimum Gasteiger partial charge on any atom is -0.497 e. The second-order valence-electron chi connectivity index (χ2n) is 6.68. The van der Waals surface area contributed by atoms with E-state index in [1.807, 2.05) is 25.7 Å². The molecule has 5 nitrogen and oxygen atoms in total. The summed E-state index contributed by atoms with van der Waals surface area (Å²) < 4.78 is 5.09. The SMILES string of the molecule is COc1ccc(C(=O)N2CCN(C(=O)C(C)(C)C)CC2)c(Cl)c1. The highest BCUT2D eigenvalue weighted by Gasteiger charge is 2.31. The summed E-state index contributed by atoms with van der Waals surface area (Å²) in [5, 5.41) is 0.377. The number of hydrogen-bond donors (Lipinski definition) is 0. The van der Waals surface area contributed by atoms with Gasteiger partial charge in [-0.3, -0.25) is 9.59 Å². The molecular formula is C17H23ClN2O3. The van der Waals surface area contributed by atoms with E-state index in [0.29, 0.717) is 42.5 Å². The van der Waals surface area contributed by atoms with Gasteiger partial charge in [-0.1, -0.05) is 32.4 Å². The van der Waals surface area contributed by atoms with Gasteiger partial charge in [-0.05, 0) is 18.2 Å². The Morgan fingerprint density at radius 1 is 1.09 bits per heavy atom. The highest BCUT2D eigenvalue weighted by Crippen LogP contribution is 2.24. The standard InChI is InChI=1S/C17H23ClN2O3/c1-17(2,3)16(22)20-9-7-19(8-10-20)15(21)13-6-5-12(23-4)11-14(13)18/h5-6,11H,7-10H2,1-4H3. The highest BCUT2D eigenvalue weighted by atomic mass is 35.5. The van der Waals surface area contributed by atoms with Gasteiger partial charge in [0.2, 0.25) is 5.91 Å². The number of hydrogen-bond acceptors (Lipinski definition) is 3. The first-order chi connectivity index (χ1) is 10.7. The number of piperazine rings is 1. The second kappa shape index (κ2) is 6.79. The van der Waals surface area contributed by atoms with Crippen LogP contribution in [0.3, 0.4) is 0 Å². The fraction of sp³-hybridized carbons (Fsp3) is 0.529. The molecule has 2 amide bonds. The van der Waals surface area contributed by atoms with Crippen LogP contribution in [0.15, 0.2) is 18.2 Å². The zero-order valence-corrected chi connectivity index (χ0v) is 14.8. The first-order valence-corrected chi connectivity index (χ1v) is 8.04. The maximum absolute atomic E-state index is 12.6. The molecule has 1 aliphatic rings. The Balaban J connectivity index is 2.03. The average Bonchev–Trinajstić information content (AvgIpc) is 2.52. The van der Waals surface area contributed by atoms with E-state index in [-0.39, 0.29) is 11.8 Å². The Morgan fingerprint density at radius 3 is 2.13 bits per heavy atom. The molecule has 0 N–H and O–H groups in total. The molecule has 0 radical (unpaired) electrons. The van der Waals surface area contributed by atoms with Gasteiger partial charge in [0.05, 0.1) is 17.7 Å². The van der Waals surface area contributed by atoms with Crippen molar-refractivity contribution in [3.8, 4) is 5.75 Å². The molecule has 2 rings (SSSR count). The summed E-state index contributed by atoms with van der Waals surface area (Å²) in [7, 11) is 1.55. The number of rotatable bonds is 2. The predicted octanol–water partition coefficient (Wildman–Crippen LogP) is 2.68. The van der Waals surface area contributed by atoms with Crippen molar-refractivity contribution < 1.29 is 14.3 Å². The van der Waals surface area contributed by atoms with Crippen LogP contribution in [0.4, 0.5) is 0 Å². The molecular weight excluding hydrogens is 316 g/mol. The van der Waals surface area contributed by atoms with E-state index >= 15 is 0 Å². The number of benzene rings is 1. The quantitative estimate of drug-likeness (QED) is 0.833. The van der Waals surface area contributed by atoms with Gasteiger partial charge >= 0.3 is 0 Å². The lowest BCUT2D eigenvalue weighted by Crippen LogP contribution is -2.53. The van der Waals surface area contributed by atoms with Gasteiger partial charge < -0.3 is 14.5 Å². The third-order valence-electron chi connectivity index (χ3n) is 3.90. The number of amides is 2. The molecule has 0 bridgehead atoms. The summed E-state index contributed by atoms with van der Waals surface area (Å²) in [5.74, 6) is 0.625. The van der Waals surface area contributed by atoms with Crippen LogP contribution in [0.2, 0.25) is 5.02 Å². The van der Waals surface area contributed by atoms with Crippen LogP contribution in [0, 0.1) is 5.41 Å². The Labute approximate surface area is 142 Å². The van der Waals surface area contributed by atoms with Gasteiger partial charge in [-0.25, -0.2) is 0 Å². The van der Waals surface area contributed by atoms with Crippen LogP contribution in [-0.2, 0) is 4.79 Å². The van der Waals surface area contributed by atoms with Crippen molar-refractivity contribution in [2.75, 3.05) is 33.3 Å². The maximum Gasteiger partial charge on any atom is 0.255 e. The lowest BCUT2D eigenvalue weighted by molar-refractivity contribution is -0.140. The van der Waals surface area contributed by atoms with Crippen LogP contribution < -0.4 is 4.74 Å². The Morgan fingerprint density at radius 2 is 1.65 bits per heavy atom. The van der Waals surface area contributed by atoms with Crippen LogP contribution in [0.25, 0.3) is 0 Å². The summed E-state index contributed by atoms with van der Waals surface area (Å²) in [6, 6.07) is 5.03. The monoisotopic (exact) mass is 338 g/mol. The van der Waals surface area contributed by atoms with Crippen LogP contribution in [0.1, 0.15) is 31.1 Å². The molecule has 0 saturated carbocycles. The van der Waals surface area contributed by atoms with Gasteiger partial charge in [0.25, 0.3) is 5.91 Å². The summed E-state index contributed by atoms with van der Waals surface area (Å²) in [5.41, 5.74) is 0.0638. The van der Waals surface area contributed by atoms with E-state index in [2.05, 4.69) is 0 Å². The maximum atomic E-state index is 12.6. The molecule has 6 heteroatoms. The van der Waals surface area contributed by atoms with Crippen molar-refractivity contribution in [1.29, 1.82) is 0 Å². The molecule has 1 saturated heterocycles. The number of ether oxygens (including phenoxy) is 1. The summed E-state index contributed by atoms with van der Waals surface area (Å²) in [6.45, 7) is 7.86. The van der Waals surface area contributed by atoms with Crippen molar-refractivity contribution in [3.05, 3.63) is 28.8 Å². The van der Waals surface area contributed by atoms with Crippen molar-refractivity contribution in [3.63, 3.8) is 0 Å². The van der Waals surface area contributed by atoms with E-state index in [1.165, 1.54) is 0 Å². The minimum atomic E-state index is -0.397. The zero-order chi connectivity index (χ0) is 17.2. The highest BCUT2D eigenvalue weighted by molar-refractivity contribution is 6.34. The van der Waals surface area contributed by atoms with Crippen LogP contribution in [-0.4, -0.2) is 54.9 Å². The van der Waals surface area contributed by atoms with Crippen LogP contribution >= 0.6 is 11.6 Å². The summed E-state index contributed by atoms with van der Waals surface area (Å²) >= 11 is 6.17. The molecule has 23 heavy (non-hydrogen) atoms. The minimum absolute atomic E-state index is 0.111. The molecule has 0 spiro atoms. The number of carbonyl (C=O) groups excluding carboxylic acids is 2. The van der Waals surface area contributed by atoms with Gasteiger partial charge in [-0.2, -0.15) is 0 Å². The van der Waals surface area contributed by atoms with E-state index in [9.17, 15) is 9.59 Å². The molecule has 1 aromatic carbocycles. The molecule has 1 fully saturated rings. The van der Waals surface area contributed by atoms with Gasteiger partial charge in [0, 0.05) is 31.6 Å². The molecule has 1 aliphatic heterocycles. The third-order valence-corrected chi connectivity index (χ3v) is 4.22. The third kappa shape index (κ3) is 3.96. The Bertz CT molecular complexity index is 602. The van der Waals surface area contributed by atoms with Gasteiger partial charge in [0.1, 0.15) is 5.75 Å². The molecule has 126 valence electrons. The lowest BCUT2D eigenvalue weighted by atomic mass is 9.94. The molecule has 0 aliphatic carbocycles. The molecule has 1 heterocycles. The normalized spacial score (nSPS) is 15.5. The van der Waals surface area contributed by atoms with Crippen molar-refractivity contribution in [1.82, 2.24) is 9.80 Å². The van der Waals surface area contributed by atoms with Crippen molar-refractivity contribution >= 4 is 23.4 Å². The number of nitrogens with zero attached hydrogens (tertiary/aromatic N) is 2. The largest absolute Gasteiger partial charge is 0.497 e. The average molecular weight is 339 g/mol. The zero-order valence-electron chi connectivity index (χ0n) is 14.1. The lowest BCUT2D eigenvalue weighted by Gasteiger charge is -2.37. The number of carbonyl (C=O) groups is 2. The topological polar surface area (TPSA) is 49.9 Å². The van der Waals surface area contributed by atoms with E-state index in [0.717, 1.165) is 0 Å². The van der Waals surface area contributed by atoms with Crippen LogP contribution in [0.5, 0.6) is 5.75 Å². The number of halogens is 1. The van der Waals surface area contributed by atoms with E-state index in [4.69, 9.17) is 16.3 Å². The fourth-order valence-corrected chi connectivity index (χ4v) is 2.80. The first-order valence-electron chi connectivity index (χ1n) is 7.66. The Hall–Kier alpha value is -1.75. The fourth-order valence-electron chi connectivity index (χ4n) is 2.55.